The summed E-state index contributed by atoms with van der Waals surface area (Å²) < 4.78 is 0.950. The second kappa shape index (κ2) is 6.18. The number of carbonyl (C=O) groups excluding carboxylic acids is 1. The van der Waals surface area contributed by atoms with Crippen molar-refractivity contribution in [3.05, 3.63) is 34.3 Å². The molecule has 0 radical (unpaired) electrons. The third-order valence-corrected chi connectivity index (χ3v) is 4.71. The van der Waals surface area contributed by atoms with Crippen molar-refractivity contribution >= 4 is 27.8 Å². The number of likely N-dealkylation sites (tertiary alicyclic amines) is 1. The first kappa shape index (κ1) is 16.0. The molecule has 1 fully saturated rings. The summed E-state index contributed by atoms with van der Waals surface area (Å²) in [6, 6.07) is 7.77. The molecule has 1 N–H and O–H groups in total. The number of benzene rings is 1. The van der Waals surface area contributed by atoms with E-state index < -0.39 is 11.4 Å². The Morgan fingerprint density at radius 2 is 1.90 bits per heavy atom. The molecule has 0 atom stereocenters. The highest BCUT2D eigenvalue weighted by atomic mass is 79.9. The number of piperidine rings is 1. The normalized spacial score (nSPS) is 16.8. The predicted molar refractivity (Wildman–Crippen MR) is 84.1 cm³/mol. The monoisotopic (exact) mass is 353 g/mol. The SMILES string of the molecule is CC(C)(C(=O)N1CCC(C(=O)O)CC1)c1cccc(Br)c1. The van der Waals surface area contributed by atoms with Crippen molar-refractivity contribution in [2.24, 2.45) is 5.92 Å². The van der Waals surface area contributed by atoms with E-state index in [1.165, 1.54) is 0 Å². The first-order chi connectivity index (χ1) is 9.82. The van der Waals surface area contributed by atoms with Crippen molar-refractivity contribution in [1.29, 1.82) is 0 Å². The van der Waals surface area contributed by atoms with Crippen LogP contribution in [0.15, 0.2) is 28.7 Å². The third kappa shape index (κ3) is 3.46. The maximum atomic E-state index is 12.8. The van der Waals surface area contributed by atoms with Gasteiger partial charge in [0.1, 0.15) is 0 Å². The summed E-state index contributed by atoms with van der Waals surface area (Å²) in [6.07, 6.45) is 1.07. The Balaban J connectivity index is 2.11. The Morgan fingerprint density at radius 1 is 1.29 bits per heavy atom. The molecule has 2 rings (SSSR count). The van der Waals surface area contributed by atoms with Crippen molar-refractivity contribution in [2.45, 2.75) is 32.1 Å². The zero-order valence-corrected chi connectivity index (χ0v) is 13.9. The number of rotatable bonds is 3. The van der Waals surface area contributed by atoms with Crippen LogP contribution in [-0.2, 0) is 15.0 Å². The summed E-state index contributed by atoms with van der Waals surface area (Å²) in [4.78, 5) is 25.5. The molecule has 0 unspecified atom stereocenters. The summed E-state index contributed by atoms with van der Waals surface area (Å²) in [5.74, 6) is -1.01. The van der Waals surface area contributed by atoms with E-state index in [2.05, 4.69) is 15.9 Å². The Labute approximate surface area is 133 Å². The molecule has 0 bridgehead atoms. The molecular weight excluding hydrogens is 334 g/mol. The van der Waals surface area contributed by atoms with Gasteiger partial charge in [0.25, 0.3) is 0 Å². The summed E-state index contributed by atoms with van der Waals surface area (Å²) >= 11 is 3.43. The summed E-state index contributed by atoms with van der Waals surface area (Å²) in [6.45, 7) is 4.88. The standard InChI is InChI=1S/C16H20BrNO3/c1-16(2,12-4-3-5-13(17)10-12)15(21)18-8-6-11(7-9-18)14(19)20/h3-5,10-11H,6-9H2,1-2H3,(H,19,20). The van der Waals surface area contributed by atoms with Gasteiger partial charge in [0.2, 0.25) is 5.91 Å². The molecule has 0 aliphatic carbocycles. The fraction of sp³-hybridized carbons (Fsp3) is 0.500. The van der Waals surface area contributed by atoms with Crippen LogP contribution in [-0.4, -0.2) is 35.0 Å². The van der Waals surface area contributed by atoms with Crippen LogP contribution < -0.4 is 0 Å². The molecule has 1 aromatic carbocycles. The quantitative estimate of drug-likeness (QED) is 0.908. The highest BCUT2D eigenvalue weighted by Crippen LogP contribution is 2.29. The number of carboxylic acids is 1. The van der Waals surface area contributed by atoms with E-state index in [-0.39, 0.29) is 11.8 Å². The zero-order valence-electron chi connectivity index (χ0n) is 12.3. The highest BCUT2D eigenvalue weighted by molar-refractivity contribution is 9.10. The average Bonchev–Trinajstić information content (AvgIpc) is 2.46. The van der Waals surface area contributed by atoms with Gasteiger partial charge in [-0.2, -0.15) is 0 Å². The van der Waals surface area contributed by atoms with E-state index >= 15 is 0 Å². The van der Waals surface area contributed by atoms with Crippen molar-refractivity contribution in [2.75, 3.05) is 13.1 Å². The molecule has 5 heteroatoms. The van der Waals surface area contributed by atoms with Gasteiger partial charge in [-0.1, -0.05) is 28.1 Å². The van der Waals surface area contributed by atoms with Gasteiger partial charge in [-0.25, -0.2) is 0 Å². The molecular formula is C16H20BrNO3. The first-order valence-corrected chi connectivity index (χ1v) is 7.90. The predicted octanol–water partition coefficient (Wildman–Crippen LogP) is 3.05. The lowest BCUT2D eigenvalue weighted by molar-refractivity contribution is -0.147. The molecule has 1 aliphatic rings. The molecule has 0 saturated carbocycles. The lowest BCUT2D eigenvalue weighted by Crippen LogP contribution is -2.47. The van der Waals surface area contributed by atoms with Gasteiger partial charge >= 0.3 is 5.97 Å². The van der Waals surface area contributed by atoms with Crippen molar-refractivity contribution in [3.8, 4) is 0 Å². The van der Waals surface area contributed by atoms with Crippen LogP contribution in [0.5, 0.6) is 0 Å². The van der Waals surface area contributed by atoms with Crippen molar-refractivity contribution in [1.82, 2.24) is 4.90 Å². The molecule has 21 heavy (non-hydrogen) atoms. The van der Waals surface area contributed by atoms with Gasteiger partial charge in [0, 0.05) is 17.6 Å². The van der Waals surface area contributed by atoms with Gasteiger partial charge in [-0.15, -0.1) is 0 Å². The molecule has 114 valence electrons. The largest absolute Gasteiger partial charge is 0.481 e. The van der Waals surface area contributed by atoms with Crippen molar-refractivity contribution < 1.29 is 14.7 Å². The summed E-state index contributed by atoms with van der Waals surface area (Å²) in [5, 5.41) is 9.02. The molecule has 0 aromatic heterocycles. The Bertz CT molecular complexity index is 548. The average molecular weight is 354 g/mol. The fourth-order valence-electron chi connectivity index (χ4n) is 2.73. The number of amides is 1. The number of halogens is 1. The molecule has 1 aromatic rings. The maximum absolute atomic E-state index is 12.8. The number of hydrogen-bond acceptors (Lipinski definition) is 2. The Kier molecular flexibility index (Phi) is 4.71. The van der Waals surface area contributed by atoms with Crippen LogP contribution in [0.4, 0.5) is 0 Å². The number of carboxylic acid groups (broad SMARTS) is 1. The van der Waals surface area contributed by atoms with E-state index in [1.54, 1.807) is 4.90 Å². The van der Waals surface area contributed by atoms with Gasteiger partial charge < -0.3 is 10.0 Å². The van der Waals surface area contributed by atoms with Crippen molar-refractivity contribution in [3.63, 3.8) is 0 Å². The molecule has 0 spiro atoms. The summed E-state index contributed by atoms with van der Waals surface area (Å²) in [5.41, 5.74) is 0.349. The Morgan fingerprint density at radius 3 is 2.43 bits per heavy atom. The van der Waals surface area contributed by atoms with Gasteiger partial charge in [-0.05, 0) is 44.4 Å². The van der Waals surface area contributed by atoms with Crippen LogP contribution in [0.1, 0.15) is 32.3 Å². The van der Waals surface area contributed by atoms with Crippen LogP contribution in [0, 0.1) is 5.92 Å². The van der Waals surface area contributed by atoms with E-state index in [9.17, 15) is 9.59 Å². The minimum absolute atomic E-state index is 0.0597. The molecule has 1 saturated heterocycles. The zero-order chi connectivity index (χ0) is 15.6. The Hall–Kier alpha value is -1.36. The lowest BCUT2D eigenvalue weighted by Gasteiger charge is -2.36. The fourth-order valence-corrected chi connectivity index (χ4v) is 3.12. The van der Waals surface area contributed by atoms with E-state index in [0.29, 0.717) is 25.9 Å². The molecule has 4 nitrogen and oxygen atoms in total. The minimum atomic E-state index is -0.756. The minimum Gasteiger partial charge on any atom is -0.481 e. The number of aliphatic carboxylic acids is 1. The van der Waals surface area contributed by atoms with Crippen LogP contribution >= 0.6 is 15.9 Å². The number of carbonyl (C=O) groups is 2. The van der Waals surface area contributed by atoms with Gasteiger partial charge in [-0.3, -0.25) is 9.59 Å². The third-order valence-electron chi connectivity index (χ3n) is 4.21. The smallest absolute Gasteiger partial charge is 0.306 e. The molecule has 1 heterocycles. The maximum Gasteiger partial charge on any atom is 0.306 e. The van der Waals surface area contributed by atoms with Crippen LogP contribution in [0.3, 0.4) is 0 Å². The van der Waals surface area contributed by atoms with E-state index in [0.717, 1.165) is 10.0 Å². The molecule has 1 aliphatic heterocycles. The second-order valence-corrected chi connectivity index (χ2v) is 6.96. The molecule has 1 amide bonds. The highest BCUT2D eigenvalue weighted by Gasteiger charge is 2.36. The van der Waals surface area contributed by atoms with Gasteiger partial charge in [0.05, 0.1) is 11.3 Å². The second-order valence-electron chi connectivity index (χ2n) is 6.04. The number of nitrogens with zero attached hydrogens (tertiary/aromatic N) is 1. The first-order valence-electron chi connectivity index (χ1n) is 7.10. The lowest BCUT2D eigenvalue weighted by atomic mass is 9.82. The topological polar surface area (TPSA) is 57.6 Å². The summed E-state index contributed by atoms with van der Waals surface area (Å²) in [7, 11) is 0. The van der Waals surface area contributed by atoms with Crippen LogP contribution in [0.25, 0.3) is 0 Å². The van der Waals surface area contributed by atoms with E-state index in [4.69, 9.17) is 5.11 Å². The number of hydrogen-bond donors (Lipinski definition) is 1. The van der Waals surface area contributed by atoms with E-state index in [1.807, 2.05) is 38.1 Å². The van der Waals surface area contributed by atoms with Gasteiger partial charge in [0.15, 0.2) is 0 Å². The van der Waals surface area contributed by atoms with Crippen LogP contribution in [0.2, 0.25) is 0 Å².